The van der Waals surface area contributed by atoms with E-state index in [-0.39, 0.29) is 24.8 Å². The van der Waals surface area contributed by atoms with E-state index >= 15 is 0 Å². The summed E-state index contributed by atoms with van der Waals surface area (Å²) in [7, 11) is 0. The second kappa shape index (κ2) is 16.0. The Morgan fingerprint density at radius 3 is 2.42 bits per heavy atom. The largest absolute Gasteiger partial charge is 0.415 e. The molecule has 0 unspecified atom stereocenters. The van der Waals surface area contributed by atoms with Gasteiger partial charge in [0, 0.05) is 22.4 Å². The molecule has 2 bridgehead atoms. The van der Waals surface area contributed by atoms with Gasteiger partial charge in [0.1, 0.15) is 5.75 Å². The summed E-state index contributed by atoms with van der Waals surface area (Å²) in [6.07, 6.45) is 5.50. The molecule has 292 valence electrons. The number of ketones is 1. The van der Waals surface area contributed by atoms with E-state index in [4.69, 9.17) is 4.74 Å². The molecule has 3 aliphatic rings. The van der Waals surface area contributed by atoms with Crippen LogP contribution in [0.1, 0.15) is 95.1 Å². The van der Waals surface area contributed by atoms with E-state index in [9.17, 15) is 19.8 Å². The van der Waals surface area contributed by atoms with Gasteiger partial charge >= 0.3 is 6.09 Å². The van der Waals surface area contributed by atoms with Gasteiger partial charge in [-0.25, -0.2) is 4.79 Å². The van der Waals surface area contributed by atoms with E-state index < -0.39 is 23.2 Å². The Morgan fingerprint density at radius 1 is 0.842 bits per heavy atom. The highest BCUT2D eigenvalue weighted by atomic mass is 32.1. The van der Waals surface area contributed by atoms with Gasteiger partial charge in [0.15, 0.2) is 0 Å². The summed E-state index contributed by atoms with van der Waals surface area (Å²) >= 11 is 1.49. The number of hydrogen-bond donors (Lipinski definition) is 2. The number of aliphatic hydroxyl groups excluding tert-OH is 1. The van der Waals surface area contributed by atoms with Crippen LogP contribution in [0.15, 0.2) is 127 Å². The Bertz CT molecular complexity index is 2480. The molecule has 7 heteroatoms. The minimum Gasteiger partial charge on any atom is -0.410 e. The lowest BCUT2D eigenvalue weighted by atomic mass is 9.64. The molecule has 0 aliphatic heterocycles. The molecule has 4 atom stereocenters. The summed E-state index contributed by atoms with van der Waals surface area (Å²) in [5, 5.41) is 28.5. The van der Waals surface area contributed by atoms with Gasteiger partial charge in [0.2, 0.25) is 5.78 Å². The molecule has 6 aromatic rings. The summed E-state index contributed by atoms with van der Waals surface area (Å²) in [4.78, 5) is 32.4. The Labute approximate surface area is 339 Å². The predicted molar refractivity (Wildman–Crippen MR) is 230 cm³/mol. The highest BCUT2D eigenvalue weighted by Gasteiger charge is 2.58. The molecule has 0 saturated heterocycles. The summed E-state index contributed by atoms with van der Waals surface area (Å²) in [5.41, 5.74) is 2.60. The molecule has 1 heterocycles. The number of carbonyl (C=O) groups excluding carboxylic acids is 2. The molecule has 57 heavy (non-hydrogen) atoms. The first-order valence-corrected chi connectivity index (χ1v) is 21.0. The first-order chi connectivity index (χ1) is 27.5. The molecule has 1 saturated carbocycles. The summed E-state index contributed by atoms with van der Waals surface area (Å²) in [6, 6.07) is 37.9. The normalized spacial score (nSPS) is 22.5. The Balaban J connectivity index is 1.20. The van der Waals surface area contributed by atoms with Gasteiger partial charge in [-0.1, -0.05) is 104 Å². The highest BCUT2D eigenvalue weighted by Crippen LogP contribution is 2.59. The maximum Gasteiger partial charge on any atom is 0.415 e. The van der Waals surface area contributed by atoms with Gasteiger partial charge in [0.05, 0.1) is 23.1 Å². The zero-order chi connectivity index (χ0) is 39.7. The van der Waals surface area contributed by atoms with Crippen LogP contribution in [-0.4, -0.2) is 45.2 Å². The van der Waals surface area contributed by atoms with Crippen LogP contribution in [-0.2, 0) is 13.0 Å². The molecule has 5 aromatic carbocycles. The first kappa shape index (κ1) is 38.8. The van der Waals surface area contributed by atoms with Gasteiger partial charge in [0.25, 0.3) is 0 Å². The fraction of sp³-hybridized carbons (Fsp3) is 0.320. The van der Waals surface area contributed by atoms with E-state index in [0.717, 1.165) is 49.5 Å². The number of amides is 1. The van der Waals surface area contributed by atoms with Gasteiger partial charge in [-0.3, -0.25) is 4.79 Å². The third kappa shape index (κ3) is 7.94. The van der Waals surface area contributed by atoms with Crippen molar-refractivity contribution >= 4 is 44.8 Å². The number of hydrogen-bond acceptors (Lipinski definition) is 6. The van der Waals surface area contributed by atoms with Gasteiger partial charge in [-0.15, -0.1) is 11.3 Å². The van der Waals surface area contributed by atoms with Gasteiger partial charge in [-0.05, 0) is 133 Å². The minimum absolute atomic E-state index is 0.0309. The molecule has 1 aromatic heterocycles. The van der Waals surface area contributed by atoms with Crippen LogP contribution in [0.2, 0.25) is 0 Å². The number of fused-ring (bicyclic) bond motifs is 10. The lowest BCUT2D eigenvalue weighted by Crippen LogP contribution is -2.54. The van der Waals surface area contributed by atoms with E-state index in [2.05, 4.69) is 50.3 Å². The van der Waals surface area contributed by atoms with Crippen LogP contribution in [0.25, 0.3) is 21.5 Å². The SMILES string of the molecule is CC1=CCC[C@@]2(C)[C@@H](CC[C@@]2(O)CN(Cc2cccc3ccccc23)C(=O)Oc2ccc3ccccc3c2)c2ccc(cc2C(=O)c2ccc(C)s2)C[C@@H](O)CC1. The molecular weight excluding hydrogens is 727 g/mol. The quantitative estimate of drug-likeness (QED) is 0.124. The fourth-order valence-electron chi connectivity index (χ4n) is 9.42. The molecule has 1 fully saturated rings. The summed E-state index contributed by atoms with van der Waals surface area (Å²) < 4.78 is 6.18. The van der Waals surface area contributed by atoms with Crippen molar-refractivity contribution in [2.45, 2.75) is 89.9 Å². The fourth-order valence-corrected chi connectivity index (χ4v) is 10.2. The average Bonchev–Trinajstić information content (AvgIpc) is 3.75. The summed E-state index contributed by atoms with van der Waals surface area (Å²) in [6.45, 7) is 6.57. The number of thiophene rings is 1. The number of aryl methyl sites for hydroxylation is 1. The molecule has 6 nitrogen and oxygen atoms in total. The second-order valence-corrected chi connectivity index (χ2v) is 17.8. The predicted octanol–water partition coefficient (Wildman–Crippen LogP) is 11.3. The average molecular weight is 778 g/mol. The van der Waals surface area contributed by atoms with Crippen molar-refractivity contribution in [3.63, 3.8) is 0 Å². The topological polar surface area (TPSA) is 87.1 Å². The lowest BCUT2D eigenvalue weighted by Gasteiger charge is -2.46. The van der Waals surface area contributed by atoms with Crippen molar-refractivity contribution in [1.29, 1.82) is 0 Å². The number of carbonyl (C=O) groups is 2. The number of ether oxygens (including phenoxy) is 1. The highest BCUT2D eigenvalue weighted by molar-refractivity contribution is 7.14. The van der Waals surface area contributed by atoms with Crippen molar-refractivity contribution in [2.24, 2.45) is 5.41 Å². The third-order valence-electron chi connectivity index (χ3n) is 12.8. The Kier molecular flexibility index (Phi) is 10.9. The van der Waals surface area contributed by atoms with Crippen LogP contribution in [0.5, 0.6) is 5.75 Å². The zero-order valence-corrected chi connectivity index (χ0v) is 33.9. The molecule has 1 amide bonds. The van der Waals surface area contributed by atoms with Crippen LogP contribution < -0.4 is 4.74 Å². The molecule has 9 rings (SSSR count). The van der Waals surface area contributed by atoms with Crippen molar-refractivity contribution in [1.82, 2.24) is 4.90 Å². The van der Waals surface area contributed by atoms with Crippen LogP contribution in [0.4, 0.5) is 4.79 Å². The molecule has 0 spiro atoms. The van der Waals surface area contributed by atoms with Gasteiger partial charge in [-0.2, -0.15) is 0 Å². The zero-order valence-electron chi connectivity index (χ0n) is 33.0. The number of nitrogens with zero attached hydrogens (tertiary/aromatic N) is 1. The van der Waals surface area contributed by atoms with Crippen LogP contribution >= 0.6 is 11.3 Å². The summed E-state index contributed by atoms with van der Waals surface area (Å²) in [5.74, 6) is 0.241. The molecule has 0 radical (unpaired) electrons. The van der Waals surface area contributed by atoms with Crippen LogP contribution in [0.3, 0.4) is 0 Å². The molecular formula is C50H51NO5S. The third-order valence-corrected chi connectivity index (χ3v) is 13.8. The number of benzene rings is 5. The maximum absolute atomic E-state index is 14.5. The second-order valence-electron chi connectivity index (χ2n) is 16.6. The van der Waals surface area contributed by atoms with Crippen molar-refractivity contribution < 1.29 is 24.5 Å². The number of rotatable bonds is 7. The Hall–Kier alpha value is -5.08. The van der Waals surface area contributed by atoms with E-state index in [1.807, 2.05) is 91.9 Å². The first-order valence-electron chi connectivity index (χ1n) is 20.2. The monoisotopic (exact) mass is 777 g/mol. The number of allylic oxidation sites excluding steroid dienone is 2. The van der Waals surface area contributed by atoms with Gasteiger partial charge < -0.3 is 19.8 Å². The maximum atomic E-state index is 14.5. The molecule has 3 aliphatic carbocycles. The minimum atomic E-state index is -1.32. The van der Waals surface area contributed by atoms with Crippen molar-refractivity contribution in [2.75, 3.05) is 6.54 Å². The van der Waals surface area contributed by atoms with E-state index in [1.54, 1.807) is 4.90 Å². The van der Waals surface area contributed by atoms with E-state index in [0.29, 0.717) is 54.7 Å². The van der Waals surface area contributed by atoms with Crippen molar-refractivity contribution in [3.05, 3.63) is 159 Å². The standard InChI is InChI=1S/C50H51NO5S/c1-33-10-9-26-49(3)45(43-23-19-35(28-40(52)21-17-33)29-44(43)47(53)46-24-18-34(2)57-46)25-27-50(49,55)32-51(31-39-15-8-14-37-12-6-7-16-42(37)39)48(54)56-41-22-20-36-11-4-5-13-38(36)30-41/h4-8,10-16,18-20,22-24,29-30,40,45,52,55H,9,17,21,25-28,31-32H2,1-3H3/t40-,45-,49-,50+/m0/s1. The van der Waals surface area contributed by atoms with Crippen LogP contribution in [0, 0.1) is 12.3 Å². The smallest absolute Gasteiger partial charge is 0.410 e. The number of aliphatic hydroxyl groups is 2. The molecule has 2 N–H and O–H groups in total. The Morgan fingerprint density at radius 2 is 1.61 bits per heavy atom. The van der Waals surface area contributed by atoms with E-state index in [1.165, 1.54) is 16.9 Å². The van der Waals surface area contributed by atoms with Crippen molar-refractivity contribution in [3.8, 4) is 5.75 Å². The lowest BCUT2D eigenvalue weighted by molar-refractivity contribution is -0.0801.